The van der Waals surface area contributed by atoms with Gasteiger partial charge in [0.05, 0.1) is 6.04 Å². The summed E-state index contributed by atoms with van der Waals surface area (Å²) in [6, 6.07) is 4.31. The van der Waals surface area contributed by atoms with Gasteiger partial charge in [0.15, 0.2) is 5.78 Å². The number of ketones is 2. The summed E-state index contributed by atoms with van der Waals surface area (Å²) in [4.78, 5) is 22.8. The average molecular weight is 256 g/mol. The molecule has 0 spiro atoms. The molecule has 0 radical (unpaired) electrons. The Balaban J connectivity index is 0.00000256. The number of nitrogens with two attached hydrogens (primary N) is 1. The molecule has 1 unspecified atom stereocenters. The lowest BCUT2D eigenvalue weighted by Crippen LogP contribution is -2.31. The SMILES string of the molecule is C.CC(=O)C(N)CC(=O)c1ccc(Cl)cc1C. The molecule has 0 saturated heterocycles. The van der Waals surface area contributed by atoms with Crippen LogP contribution in [0.4, 0.5) is 0 Å². The smallest absolute Gasteiger partial charge is 0.165 e. The third-order valence-electron chi connectivity index (χ3n) is 2.42. The zero-order chi connectivity index (χ0) is 12.3. The van der Waals surface area contributed by atoms with E-state index in [4.69, 9.17) is 17.3 Å². The highest BCUT2D eigenvalue weighted by molar-refractivity contribution is 6.30. The zero-order valence-electron chi connectivity index (χ0n) is 9.29. The van der Waals surface area contributed by atoms with Gasteiger partial charge in [0.25, 0.3) is 0 Å². The van der Waals surface area contributed by atoms with Crippen LogP contribution in [-0.4, -0.2) is 17.6 Å². The highest BCUT2D eigenvalue weighted by atomic mass is 35.5. The zero-order valence-corrected chi connectivity index (χ0v) is 10.0. The lowest BCUT2D eigenvalue weighted by molar-refractivity contribution is -0.118. The molecular formula is C13H18ClNO2. The molecule has 17 heavy (non-hydrogen) atoms. The second kappa shape index (κ2) is 6.52. The van der Waals surface area contributed by atoms with Crippen LogP contribution >= 0.6 is 11.6 Å². The van der Waals surface area contributed by atoms with Gasteiger partial charge in [-0.25, -0.2) is 0 Å². The minimum atomic E-state index is -0.720. The van der Waals surface area contributed by atoms with Crippen LogP contribution in [0.1, 0.15) is 36.7 Å². The van der Waals surface area contributed by atoms with Crippen molar-refractivity contribution >= 4 is 23.2 Å². The first kappa shape index (κ1) is 15.8. The molecule has 0 aliphatic rings. The van der Waals surface area contributed by atoms with Crippen LogP contribution in [0.3, 0.4) is 0 Å². The van der Waals surface area contributed by atoms with E-state index in [1.807, 2.05) is 0 Å². The fourth-order valence-electron chi connectivity index (χ4n) is 1.39. The molecular weight excluding hydrogens is 238 g/mol. The summed E-state index contributed by atoms with van der Waals surface area (Å²) in [7, 11) is 0. The third-order valence-corrected chi connectivity index (χ3v) is 2.65. The van der Waals surface area contributed by atoms with Crippen molar-refractivity contribution in [3.05, 3.63) is 34.3 Å². The largest absolute Gasteiger partial charge is 0.321 e. The lowest BCUT2D eigenvalue weighted by Gasteiger charge is -2.08. The van der Waals surface area contributed by atoms with E-state index in [1.165, 1.54) is 6.92 Å². The minimum absolute atomic E-state index is 0. The van der Waals surface area contributed by atoms with Gasteiger partial charge in [-0.3, -0.25) is 9.59 Å². The number of carbonyl (C=O) groups excluding carboxylic acids is 2. The average Bonchev–Trinajstić information content (AvgIpc) is 2.16. The van der Waals surface area contributed by atoms with Crippen molar-refractivity contribution in [2.75, 3.05) is 0 Å². The summed E-state index contributed by atoms with van der Waals surface area (Å²) < 4.78 is 0. The number of benzene rings is 1. The van der Waals surface area contributed by atoms with Gasteiger partial charge in [-0.05, 0) is 37.6 Å². The van der Waals surface area contributed by atoms with Gasteiger partial charge in [-0.2, -0.15) is 0 Å². The van der Waals surface area contributed by atoms with Crippen molar-refractivity contribution in [3.8, 4) is 0 Å². The van der Waals surface area contributed by atoms with Crippen molar-refractivity contribution in [1.82, 2.24) is 0 Å². The highest BCUT2D eigenvalue weighted by Gasteiger charge is 2.16. The monoisotopic (exact) mass is 255 g/mol. The number of halogens is 1. The van der Waals surface area contributed by atoms with Crippen molar-refractivity contribution in [3.63, 3.8) is 0 Å². The van der Waals surface area contributed by atoms with Gasteiger partial charge in [-0.15, -0.1) is 0 Å². The molecule has 1 atom stereocenters. The van der Waals surface area contributed by atoms with Crippen LogP contribution in [0.2, 0.25) is 5.02 Å². The van der Waals surface area contributed by atoms with Gasteiger partial charge in [0.2, 0.25) is 0 Å². The maximum Gasteiger partial charge on any atom is 0.165 e. The van der Waals surface area contributed by atoms with Gasteiger partial charge < -0.3 is 5.73 Å². The Hall–Kier alpha value is -1.19. The van der Waals surface area contributed by atoms with E-state index in [0.29, 0.717) is 10.6 Å². The Bertz CT molecular complexity index is 429. The molecule has 3 nitrogen and oxygen atoms in total. The first-order chi connectivity index (χ1) is 7.41. The Morgan fingerprint density at radius 2 is 2.00 bits per heavy atom. The molecule has 0 aliphatic carbocycles. The number of Topliss-reactive ketones (excluding diaryl/α,β-unsaturated/α-hetero) is 2. The fourth-order valence-corrected chi connectivity index (χ4v) is 1.62. The highest BCUT2D eigenvalue weighted by Crippen LogP contribution is 2.17. The van der Waals surface area contributed by atoms with Crippen molar-refractivity contribution in [2.24, 2.45) is 5.73 Å². The Labute approximate surface area is 107 Å². The molecule has 0 aromatic heterocycles. The topological polar surface area (TPSA) is 60.2 Å². The van der Waals surface area contributed by atoms with Gasteiger partial charge in [-0.1, -0.05) is 19.0 Å². The van der Waals surface area contributed by atoms with E-state index < -0.39 is 6.04 Å². The Morgan fingerprint density at radius 3 is 2.47 bits per heavy atom. The number of rotatable bonds is 4. The molecule has 94 valence electrons. The summed E-state index contributed by atoms with van der Waals surface area (Å²) in [5, 5.41) is 0.588. The van der Waals surface area contributed by atoms with Gasteiger partial charge in [0, 0.05) is 17.0 Å². The van der Waals surface area contributed by atoms with Crippen LogP contribution in [0.15, 0.2) is 18.2 Å². The summed E-state index contributed by atoms with van der Waals surface area (Å²) in [6.07, 6.45) is 0.0395. The first-order valence-corrected chi connectivity index (χ1v) is 5.35. The molecule has 0 heterocycles. The summed E-state index contributed by atoms with van der Waals surface area (Å²) in [6.45, 7) is 3.19. The molecule has 2 N–H and O–H groups in total. The predicted octanol–water partition coefficient (Wildman–Crippen LogP) is 2.77. The van der Waals surface area contributed by atoms with Crippen LogP contribution in [0.25, 0.3) is 0 Å². The summed E-state index contributed by atoms with van der Waals surface area (Å²) in [5.74, 6) is -0.308. The first-order valence-electron chi connectivity index (χ1n) is 4.97. The minimum Gasteiger partial charge on any atom is -0.321 e. The molecule has 0 saturated carbocycles. The second-order valence-electron chi connectivity index (χ2n) is 3.80. The number of carbonyl (C=O) groups is 2. The molecule has 1 aromatic carbocycles. The standard InChI is InChI=1S/C12H14ClNO2.CH4/c1-7-5-9(13)3-4-10(7)12(16)6-11(14)8(2)15;/h3-5,11H,6,14H2,1-2H3;1H4. The van der Waals surface area contributed by atoms with Gasteiger partial charge >= 0.3 is 0 Å². The molecule has 0 fully saturated rings. The Kier molecular flexibility index (Phi) is 6.07. The maximum atomic E-state index is 11.8. The second-order valence-corrected chi connectivity index (χ2v) is 4.24. The number of hydrogen-bond donors (Lipinski definition) is 1. The van der Waals surface area contributed by atoms with E-state index in [2.05, 4.69) is 0 Å². The molecule has 0 bridgehead atoms. The molecule has 0 aliphatic heterocycles. The maximum absolute atomic E-state index is 11.8. The van der Waals surface area contributed by atoms with Crippen molar-refractivity contribution in [1.29, 1.82) is 0 Å². The van der Waals surface area contributed by atoms with Crippen LogP contribution < -0.4 is 5.73 Å². The third kappa shape index (κ3) is 4.29. The number of aryl methyl sites for hydroxylation is 1. The van der Waals surface area contributed by atoms with Crippen molar-refractivity contribution < 1.29 is 9.59 Å². The Morgan fingerprint density at radius 1 is 1.41 bits per heavy atom. The van der Waals surface area contributed by atoms with E-state index in [1.54, 1.807) is 25.1 Å². The number of hydrogen-bond acceptors (Lipinski definition) is 3. The van der Waals surface area contributed by atoms with Gasteiger partial charge in [0.1, 0.15) is 5.78 Å². The van der Waals surface area contributed by atoms with Crippen molar-refractivity contribution in [2.45, 2.75) is 33.7 Å². The van der Waals surface area contributed by atoms with E-state index >= 15 is 0 Å². The normalized spacial score (nSPS) is 11.5. The van der Waals surface area contributed by atoms with Crippen LogP contribution in [-0.2, 0) is 4.79 Å². The molecule has 1 aromatic rings. The van der Waals surface area contributed by atoms with Crippen LogP contribution in [0.5, 0.6) is 0 Å². The molecule has 1 rings (SSSR count). The lowest BCUT2D eigenvalue weighted by atomic mass is 9.98. The van der Waals surface area contributed by atoms with Crippen LogP contribution in [0, 0.1) is 6.92 Å². The summed E-state index contributed by atoms with van der Waals surface area (Å²) >= 11 is 5.79. The molecule has 0 amide bonds. The molecule has 4 heteroatoms. The van der Waals surface area contributed by atoms with E-state index in [0.717, 1.165) is 5.56 Å². The predicted molar refractivity (Wildman–Crippen MR) is 70.5 cm³/mol. The van der Waals surface area contributed by atoms with E-state index in [9.17, 15) is 9.59 Å². The summed E-state index contributed by atoms with van der Waals surface area (Å²) in [5.41, 5.74) is 6.91. The van der Waals surface area contributed by atoms with E-state index in [-0.39, 0.29) is 25.4 Å². The fraction of sp³-hybridized carbons (Fsp3) is 0.385. The quantitative estimate of drug-likeness (QED) is 0.842.